The number of esters is 1. The van der Waals surface area contributed by atoms with Crippen molar-refractivity contribution in [2.24, 2.45) is 0 Å². The van der Waals surface area contributed by atoms with Crippen molar-refractivity contribution in [3.63, 3.8) is 0 Å². The molecule has 6 nitrogen and oxygen atoms in total. The molecule has 0 aromatic heterocycles. The van der Waals surface area contributed by atoms with Gasteiger partial charge >= 0.3 is 17.9 Å². The number of hydrogen-bond donors (Lipinski definition) is 0. The first kappa shape index (κ1) is 30.4. The van der Waals surface area contributed by atoms with Crippen LogP contribution in [0.5, 0.6) is 5.75 Å². The smallest absolute Gasteiger partial charge is 0.455 e. The van der Waals surface area contributed by atoms with Crippen LogP contribution in [-0.4, -0.2) is 51.1 Å². The Morgan fingerprint density at radius 2 is 1.50 bits per heavy atom. The quantitative estimate of drug-likeness (QED) is 0.165. The number of carbonyl (C=O) groups is 1. The van der Waals surface area contributed by atoms with Gasteiger partial charge in [0, 0.05) is 6.42 Å². The first-order valence-corrected chi connectivity index (χ1v) is 14.7. The Kier molecular flexibility index (Phi) is 12.5. The number of benzene rings is 1. The summed E-state index contributed by atoms with van der Waals surface area (Å²) < 4.78 is 79.0. The predicted octanol–water partition coefficient (Wildman–Crippen LogP) is 6.17. The number of alkyl halides is 3. The fraction of sp³-hybridized carbons (Fsp3) is 0.731. The number of ether oxygens (including phenoxy) is 3. The first-order valence-electron chi connectivity index (χ1n) is 12.9. The Hall–Kier alpha value is -1.81. The van der Waals surface area contributed by atoms with E-state index in [2.05, 4.69) is 16.4 Å². The van der Waals surface area contributed by atoms with Gasteiger partial charge in [-0.25, -0.2) is 13.2 Å². The van der Waals surface area contributed by atoms with Crippen molar-refractivity contribution in [1.82, 2.24) is 0 Å². The van der Waals surface area contributed by atoms with E-state index in [9.17, 15) is 26.4 Å². The topological polar surface area (TPSA) is 78.9 Å². The Morgan fingerprint density at radius 3 is 2.03 bits per heavy atom. The lowest BCUT2D eigenvalue weighted by atomic mass is 10.0. The summed E-state index contributed by atoms with van der Waals surface area (Å²) in [5.41, 5.74) is 0.575. The average molecular weight is 537 g/mol. The largest absolute Gasteiger partial charge is 0.493 e. The predicted molar refractivity (Wildman–Crippen MR) is 132 cm³/mol. The molecule has 1 aliphatic heterocycles. The number of halogens is 3. The second kappa shape index (κ2) is 14.8. The molecule has 1 aromatic carbocycles. The summed E-state index contributed by atoms with van der Waals surface area (Å²) in [6.07, 6.45) is 5.98. The van der Waals surface area contributed by atoms with Gasteiger partial charge in [0.05, 0.1) is 11.5 Å². The zero-order valence-corrected chi connectivity index (χ0v) is 21.9. The molecule has 0 bridgehead atoms. The van der Waals surface area contributed by atoms with Crippen molar-refractivity contribution < 1.29 is 40.6 Å². The summed E-state index contributed by atoms with van der Waals surface area (Å²) >= 11 is 0. The van der Waals surface area contributed by atoms with Gasteiger partial charge in [0.15, 0.2) is 9.84 Å². The maximum absolute atomic E-state index is 13.3. The summed E-state index contributed by atoms with van der Waals surface area (Å²) in [5.74, 6) is -3.45. The number of cyclic esters (lactones) is 1. The van der Waals surface area contributed by atoms with Gasteiger partial charge in [0.25, 0.3) is 0 Å². The monoisotopic (exact) mass is 536 g/mol. The molecule has 0 radical (unpaired) electrons. The molecule has 0 aliphatic carbocycles. The molecule has 2 rings (SSSR count). The number of carbonyl (C=O) groups excluding carboxylic acids is 1. The first-order chi connectivity index (χ1) is 17.1. The Morgan fingerprint density at radius 1 is 0.917 bits per heavy atom. The molecule has 36 heavy (non-hydrogen) atoms. The van der Waals surface area contributed by atoms with Crippen LogP contribution in [0.1, 0.15) is 83.1 Å². The van der Waals surface area contributed by atoms with E-state index in [0.717, 1.165) is 19.3 Å². The van der Waals surface area contributed by atoms with Crippen molar-refractivity contribution >= 4 is 15.8 Å². The number of aryl methyl sites for hydroxylation is 1. The molecular formula is C26H39F3O6S. The van der Waals surface area contributed by atoms with Crippen LogP contribution in [0.3, 0.4) is 0 Å². The molecule has 1 atom stereocenters. The van der Waals surface area contributed by atoms with Crippen molar-refractivity contribution in [2.75, 3.05) is 24.7 Å². The lowest BCUT2D eigenvalue weighted by Crippen LogP contribution is -2.46. The minimum absolute atomic E-state index is 0.0143. The standard InChI is InChI=1S/C26H39F3O6S/c1-2-3-4-5-6-7-8-9-10-11-19-36(31,32)20-18-33-23-14-12-22(13-15-23)16-17-25(26(27,28)29)34-21-24(30)35-25/h12-15H,2-11,16-21H2,1H3. The summed E-state index contributed by atoms with van der Waals surface area (Å²) in [4.78, 5) is 11.2. The Bertz CT molecular complexity index is 886. The third-order valence-electron chi connectivity index (χ3n) is 6.27. The highest BCUT2D eigenvalue weighted by Crippen LogP contribution is 2.41. The number of rotatable bonds is 18. The van der Waals surface area contributed by atoms with E-state index < -0.39 is 40.8 Å². The van der Waals surface area contributed by atoms with Crippen LogP contribution in [0, 0.1) is 0 Å². The zero-order valence-electron chi connectivity index (χ0n) is 21.1. The number of unbranched alkanes of at least 4 members (excludes halogenated alkanes) is 9. The SMILES string of the molecule is CCCCCCCCCCCCS(=O)(=O)CCOc1ccc(CCC2(C(F)(F)F)OCC(=O)O2)cc1. The van der Waals surface area contributed by atoms with Gasteiger partial charge < -0.3 is 14.2 Å². The van der Waals surface area contributed by atoms with Crippen LogP contribution in [0.2, 0.25) is 0 Å². The van der Waals surface area contributed by atoms with Crippen molar-refractivity contribution in [3.05, 3.63) is 29.8 Å². The van der Waals surface area contributed by atoms with Crippen LogP contribution < -0.4 is 4.74 Å². The fourth-order valence-corrected chi connectivity index (χ4v) is 5.27. The minimum atomic E-state index is -4.83. The van der Waals surface area contributed by atoms with Crippen LogP contribution in [0.15, 0.2) is 24.3 Å². The lowest BCUT2D eigenvalue weighted by molar-refractivity contribution is -0.340. The number of hydrogen-bond acceptors (Lipinski definition) is 6. The molecule has 0 spiro atoms. The molecule has 1 aliphatic rings. The van der Waals surface area contributed by atoms with Gasteiger partial charge in [-0.15, -0.1) is 0 Å². The summed E-state index contributed by atoms with van der Waals surface area (Å²) in [5, 5.41) is 0. The Labute approximate surface area is 212 Å². The van der Waals surface area contributed by atoms with Crippen molar-refractivity contribution in [2.45, 2.75) is 95.9 Å². The molecule has 1 heterocycles. The van der Waals surface area contributed by atoms with Gasteiger partial charge in [-0.1, -0.05) is 76.8 Å². The second-order valence-electron chi connectivity index (χ2n) is 9.34. The minimum Gasteiger partial charge on any atom is -0.493 e. The number of sulfone groups is 1. The van der Waals surface area contributed by atoms with Gasteiger partial charge in [0.2, 0.25) is 0 Å². The van der Waals surface area contributed by atoms with E-state index in [1.807, 2.05) is 0 Å². The van der Waals surface area contributed by atoms with Crippen LogP contribution in [-0.2, 0) is 30.5 Å². The maximum atomic E-state index is 13.3. The van der Waals surface area contributed by atoms with E-state index in [-0.39, 0.29) is 24.5 Å². The summed E-state index contributed by atoms with van der Waals surface area (Å²) in [6, 6.07) is 6.33. The van der Waals surface area contributed by atoms with Crippen LogP contribution in [0.25, 0.3) is 0 Å². The molecule has 1 unspecified atom stereocenters. The summed E-state index contributed by atoms with van der Waals surface area (Å²) in [7, 11) is -3.20. The highest BCUT2D eigenvalue weighted by Gasteiger charge is 2.62. The average Bonchev–Trinajstić information content (AvgIpc) is 3.22. The van der Waals surface area contributed by atoms with Gasteiger partial charge in [-0.2, -0.15) is 13.2 Å². The van der Waals surface area contributed by atoms with E-state index in [1.165, 1.54) is 38.5 Å². The normalized spacial score (nSPS) is 18.4. The molecule has 0 amide bonds. The van der Waals surface area contributed by atoms with E-state index in [1.54, 1.807) is 24.3 Å². The van der Waals surface area contributed by atoms with E-state index in [0.29, 0.717) is 17.7 Å². The Balaban J connectivity index is 1.62. The van der Waals surface area contributed by atoms with Gasteiger partial charge in [-0.3, -0.25) is 0 Å². The third-order valence-corrected chi connectivity index (χ3v) is 7.97. The van der Waals surface area contributed by atoms with Gasteiger partial charge in [-0.05, 0) is 30.5 Å². The molecule has 0 saturated carbocycles. The molecule has 206 valence electrons. The summed E-state index contributed by atoms with van der Waals surface area (Å²) in [6.45, 7) is 1.49. The lowest BCUT2D eigenvalue weighted by Gasteiger charge is -2.28. The maximum Gasteiger partial charge on any atom is 0.455 e. The highest BCUT2D eigenvalue weighted by molar-refractivity contribution is 7.91. The molecule has 1 saturated heterocycles. The molecular weight excluding hydrogens is 497 g/mol. The van der Waals surface area contributed by atoms with Crippen LogP contribution in [0.4, 0.5) is 13.2 Å². The van der Waals surface area contributed by atoms with Crippen molar-refractivity contribution in [1.29, 1.82) is 0 Å². The van der Waals surface area contributed by atoms with E-state index >= 15 is 0 Å². The fourth-order valence-electron chi connectivity index (χ4n) is 4.08. The molecule has 0 N–H and O–H groups in total. The zero-order chi connectivity index (χ0) is 26.5. The molecule has 10 heteroatoms. The van der Waals surface area contributed by atoms with Gasteiger partial charge in [0.1, 0.15) is 19.0 Å². The molecule has 1 fully saturated rings. The highest BCUT2D eigenvalue weighted by atomic mass is 32.2. The second-order valence-corrected chi connectivity index (χ2v) is 11.6. The van der Waals surface area contributed by atoms with Crippen LogP contribution >= 0.6 is 0 Å². The van der Waals surface area contributed by atoms with E-state index in [4.69, 9.17) is 4.74 Å². The molecule has 1 aromatic rings. The third kappa shape index (κ3) is 10.7. The van der Waals surface area contributed by atoms with Crippen molar-refractivity contribution in [3.8, 4) is 5.75 Å².